The molecule has 0 atom stereocenters. The Morgan fingerprint density at radius 2 is 1.75 bits per heavy atom. The summed E-state index contributed by atoms with van der Waals surface area (Å²) in [5.41, 5.74) is 1.75. The van der Waals surface area contributed by atoms with Crippen molar-refractivity contribution >= 4 is 13.1 Å². The van der Waals surface area contributed by atoms with Gasteiger partial charge in [0, 0.05) is 10.5 Å². The van der Waals surface area contributed by atoms with Gasteiger partial charge in [0.25, 0.3) is 0 Å². The van der Waals surface area contributed by atoms with Crippen LogP contribution in [0.25, 0.3) is 16.2 Å². The van der Waals surface area contributed by atoms with Gasteiger partial charge in [-0.1, -0.05) is 0 Å². The lowest BCUT2D eigenvalue weighted by Crippen LogP contribution is -2.02. The van der Waals surface area contributed by atoms with Gasteiger partial charge < -0.3 is 22.0 Å². The zero-order valence-electron chi connectivity index (χ0n) is 10.2. The fraction of sp³-hybridized carbons (Fsp3) is 0.100. The van der Waals surface area contributed by atoms with Gasteiger partial charge in [0.1, 0.15) is 5.75 Å². The third-order valence-electron chi connectivity index (χ3n) is 2.07. The fourth-order valence-electron chi connectivity index (χ4n) is 1.28. The minimum atomic E-state index is -6.00. The highest BCUT2D eigenvalue weighted by Crippen LogP contribution is 2.23. The predicted octanol–water partition coefficient (Wildman–Crippen LogP) is 3.87. The average Bonchev–Trinajstić information content (AvgIpc) is 2.86. The highest BCUT2D eigenvalue weighted by Gasteiger charge is 2.20. The van der Waals surface area contributed by atoms with E-state index in [1.807, 2.05) is 24.3 Å². The number of aromatic amines is 1. The molecule has 2 rings (SSSR count). The molecule has 0 radical (unpaired) electrons. The number of hydrogen-bond donors (Lipinski definition) is 1. The summed E-state index contributed by atoms with van der Waals surface area (Å²) in [6.45, 7) is 0. The molecule has 2 aromatic rings. The molecule has 0 spiro atoms. The molecule has 1 aromatic heterocycles. The monoisotopic (exact) mass is 288 g/mol. The van der Waals surface area contributed by atoms with Crippen LogP contribution >= 0.6 is 0 Å². The molecule has 1 heterocycles. The van der Waals surface area contributed by atoms with Crippen LogP contribution in [-0.2, 0) is 0 Å². The molecule has 0 aliphatic carbocycles. The summed E-state index contributed by atoms with van der Waals surface area (Å²) in [6, 6.07) is 9.15. The lowest BCUT2D eigenvalue weighted by atomic mass is 10.1. The van der Waals surface area contributed by atoms with Crippen molar-refractivity contribution in [2.75, 3.05) is 7.11 Å². The molecule has 0 fully saturated rings. The number of halogens is 4. The van der Waals surface area contributed by atoms with Crippen LogP contribution in [0.1, 0.15) is 0 Å². The van der Waals surface area contributed by atoms with Crippen LogP contribution in [-0.4, -0.2) is 24.6 Å². The van der Waals surface area contributed by atoms with Gasteiger partial charge in [-0.2, -0.15) is 5.10 Å². The van der Waals surface area contributed by atoms with Crippen LogP contribution in [0.3, 0.4) is 0 Å². The number of methoxy groups -OCH3 is 1. The van der Waals surface area contributed by atoms with E-state index in [4.69, 9.17) is 10.1 Å². The Morgan fingerprint density at radius 3 is 2.15 bits per heavy atom. The SMILES string of the molecule is COc1ccc(-c2cc([N+]#N)n[nH]2)cc1.F[B-](F)(F)F. The van der Waals surface area contributed by atoms with E-state index in [9.17, 15) is 17.3 Å². The van der Waals surface area contributed by atoms with Crippen LogP contribution < -0.4 is 4.74 Å². The maximum atomic E-state index is 9.75. The standard InChI is InChI=1S/C10H9N4O.BF4/c1-15-8-4-2-7(3-5-8)9-6-10(12-11)14-13-9;2-1(3,4)5/h2-6H,1H3,(H,13,14);/q+1;-1. The molecule has 0 saturated carbocycles. The van der Waals surface area contributed by atoms with Gasteiger partial charge in [0.15, 0.2) is 0 Å². The zero-order chi connectivity index (χ0) is 15.2. The molecule has 10 heteroatoms. The number of ether oxygens (including phenoxy) is 1. The van der Waals surface area contributed by atoms with Crippen molar-refractivity contribution < 1.29 is 22.0 Å². The third-order valence-corrected chi connectivity index (χ3v) is 2.07. The predicted molar refractivity (Wildman–Crippen MR) is 65.5 cm³/mol. The summed E-state index contributed by atoms with van der Waals surface area (Å²) >= 11 is 0. The molecule has 20 heavy (non-hydrogen) atoms. The van der Waals surface area contributed by atoms with Crippen LogP contribution in [0.4, 0.5) is 23.1 Å². The van der Waals surface area contributed by atoms with Crippen LogP contribution in [0.5, 0.6) is 5.75 Å². The van der Waals surface area contributed by atoms with Crippen molar-refractivity contribution in [1.82, 2.24) is 10.2 Å². The molecule has 0 unspecified atom stereocenters. The molecule has 1 aromatic carbocycles. The molecule has 0 aliphatic rings. The zero-order valence-corrected chi connectivity index (χ0v) is 10.2. The van der Waals surface area contributed by atoms with E-state index in [1.165, 1.54) is 0 Å². The summed E-state index contributed by atoms with van der Waals surface area (Å²) in [5, 5.41) is 15.0. The number of diazo groups is 1. The van der Waals surface area contributed by atoms with E-state index in [1.54, 1.807) is 13.2 Å². The molecule has 106 valence electrons. The second-order valence-electron chi connectivity index (χ2n) is 3.46. The second kappa shape index (κ2) is 6.56. The van der Waals surface area contributed by atoms with Crippen molar-refractivity contribution in [3.63, 3.8) is 0 Å². The largest absolute Gasteiger partial charge is 0.673 e. The molecule has 5 nitrogen and oxygen atoms in total. The maximum absolute atomic E-state index is 9.75. The quantitative estimate of drug-likeness (QED) is 0.518. The summed E-state index contributed by atoms with van der Waals surface area (Å²) in [6.07, 6.45) is 0. The van der Waals surface area contributed by atoms with Crippen molar-refractivity contribution in [2.45, 2.75) is 0 Å². The van der Waals surface area contributed by atoms with Crippen LogP contribution in [0.2, 0.25) is 0 Å². The minimum Gasteiger partial charge on any atom is -0.497 e. The number of benzene rings is 1. The van der Waals surface area contributed by atoms with E-state index >= 15 is 0 Å². The second-order valence-corrected chi connectivity index (χ2v) is 3.46. The first kappa shape index (κ1) is 15.5. The normalized spacial score (nSPS) is 10.2. The Bertz CT molecular complexity index is 585. The molecular weight excluding hydrogens is 279 g/mol. The van der Waals surface area contributed by atoms with Gasteiger partial charge in [-0.05, 0) is 24.3 Å². The van der Waals surface area contributed by atoms with Crippen LogP contribution in [0, 0.1) is 5.39 Å². The summed E-state index contributed by atoms with van der Waals surface area (Å²) in [7, 11) is -4.38. The van der Waals surface area contributed by atoms with E-state index in [2.05, 4.69) is 15.2 Å². The molecule has 1 N–H and O–H groups in total. The molecule has 0 aliphatic heterocycles. The molecule has 0 amide bonds. The Morgan fingerprint density at radius 1 is 1.20 bits per heavy atom. The number of nitrogens with zero attached hydrogens (tertiary/aromatic N) is 3. The molecule has 0 saturated heterocycles. The first-order valence-corrected chi connectivity index (χ1v) is 5.25. The van der Waals surface area contributed by atoms with E-state index in [0.29, 0.717) is 0 Å². The van der Waals surface area contributed by atoms with Gasteiger partial charge >= 0.3 is 13.1 Å². The highest BCUT2D eigenvalue weighted by atomic mass is 19.5. The number of rotatable bonds is 2. The number of nitrogens with one attached hydrogen (secondary N) is 1. The lowest BCUT2D eigenvalue weighted by molar-refractivity contribution is 0.368. The summed E-state index contributed by atoms with van der Waals surface area (Å²) < 4.78 is 44.0. The van der Waals surface area contributed by atoms with Crippen molar-refractivity contribution in [2.24, 2.45) is 0 Å². The maximum Gasteiger partial charge on any atom is 0.673 e. The number of H-pyrrole nitrogens is 1. The molecule has 0 bridgehead atoms. The smallest absolute Gasteiger partial charge is 0.497 e. The Kier molecular flexibility index (Phi) is 5.08. The first-order chi connectivity index (χ1) is 9.33. The Balaban J connectivity index is 0.000000347. The van der Waals surface area contributed by atoms with Gasteiger partial charge in [-0.25, -0.2) is 0 Å². The average molecular weight is 288 g/mol. The number of hydrogen-bond acceptors (Lipinski definition) is 3. The van der Waals surface area contributed by atoms with Gasteiger partial charge in [-0.15, -0.1) is 0 Å². The van der Waals surface area contributed by atoms with Crippen molar-refractivity contribution in [3.8, 4) is 17.0 Å². The highest BCUT2D eigenvalue weighted by molar-refractivity contribution is 6.50. The van der Waals surface area contributed by atoms with E-state index in [-0.39, 0.29) is 5.82 Å². The number of aromatic nitrogens is 2. The van der Waals surface area contributed by atoms with E-state index < -0.39 is 7.25 Å². The fourth-order valence-corrected chi connectivity index (χ4v) is 1.28. The van der Waals surface area contributed by atoms with Gasteiger partial charge in [-0.3, -0.25) is 0 Å². The Labute approximate surface area is 111 Å². The third kappa shape index (κ3) is 5.39. The van der Waals surface area contributed by atoms with E-state index in [0.717, 1.165) is 17.0 Å². The van der Waals surface area contributed by atoms with Crippen molar-refractivity contribution in [1.29, 1.82) is 5.39 Å². The van der Waals surface area contributed by atoms with Gasteiger partial charge in [0.2, 0.25) is 0 Å². The van der Waals surface area contributed by atoms with Crippen molar-refractivity contribution in [3.05, 3.63) is 35.3 Å². The lowest BCUT2D eigenvalue weighted by Gasteiger charge is -1.99. The molecular formula is C10H9BF4N4O. The first-order valence-electron chi connectivity index (χ1n) is 5.25. The topological polar surface area (TPSA) is 66.1 Å². The van der Waals surface area contributed by atoms with Gasteiger partial charge in [0.05, 0.1) is 29.4 Å². The summed E-state index contributed by atoms with van der Waals surface area (Å²) in [4.78, 5) is 2.98. The van der Waals surface area contributed by atoms with Crippen LogP contribution in [0.15, 0.2) is 30.3 Å². The summed E-state index contributed by atoms with van der Waals surface area (Å²) in [5.74, 6) is 1.06. The minimum absolute atomic E-state index is 0.265. The Hall–Kier alpha value is -2.57.